The quantitative estimate of drug-likeness (QED) is 0.675. The van der Waals surface area contributed by atoms with E-state index < -0.39 is 21.7 Å². The monoisotopic (exact) mass is 407 g/mol. The summed E-state index contributed by atoms with van der Waals surface area (Å²) in [6.07, 6.45) is 0. The smallest absolute Gasteiger partial charge is 0.240 e. The van der Waals surface area contributed by atoms with E-state index in [0.717, 1.165) is 6.07 Å². The molecule has 0 atom stereocenters. The van der Waals surface area contributed by atoms with Crippen LogP contribution in [0.1, 0.15) is 5.56 Å². The molecule has 0 aliphatic carbocycles. The third kappa shape index (κ3) is 5.31. The fourth-order valence-corrected chi connectivity index (χ4v) is 4.36. The maximum absolute atomic E-state index is 13.6. The number of halogens is 3. The molecule has 0 bridgehead atoms. The summed E-state index contributed by atoms with van der Waals surface area (Å²) in [4.78, 5) is -0.187. The lowest BCUT2D eigenvalue weighted by molar-refractivity contribution is 0.385. The van der Waals surface area contributed by atoms with Gasteiger partial charge >= 0.3 is 0 Å². The van der Waals surface area contributed by atoms with Gasteiger partial charge in [0.1, 0.15) is 5.82 Å². The van der Waals surface area contributed by atoms with Crippen molar-refractivity contribution in [2.45, 2.75) is 10.6 Å². The zero-order chi connectivity index (χ0) is 18.4. The van der Waals surface area contributed by atoms with Crippen LogP contribution in [0, 0.1) is 11.6 Å². The second-order valence-electron chi connectivity index (χ2n) is 4.95. The van der Waals surface area contributed by atoms with Crippen LogP contribution in [0.5, 0.6) is 5.75 Å². The minimum atomic E-state index is -3.83. The normalized spacial score (nSPS) is 11.5. The number of methoxy groups -OCH3 is 1. The molecule has 0 saturated carbocycles. The number of hydrogen-bond acceptors (Lipinski definition) is 4. The molecular weight excluding hydrogens is 392 g/mol. The Morgan fingerprint density at radius 3 is 2.60 bits per heavy atom. The molecule has 0 amide bonds. The van der Waals surface area contributed by atoms with E-state index in [1.165, 1.54) is 43.1 Å². The number of ether oxygens (including phenoxy) is 1. The lowest BCUT2D eigenvalue weighted by Gasteiger charge is -2.09. The van der Waals surface area contributed by atoms with Gasteiger partial charge in [-0.3, -0.25) is 0 Å². The molecule has 2 rings (SSSR count). The molecule has 1 N–H and O–H groups in total. The molecule has 9 heteroatoms. The molecule has 0 aliphatic rings. The highest BCUT2D eigenvalue weighted by Crippen LogP contribution is 2.24. The molecular formula is C16H16ClF2NO3S2. The van der Waals surface area contributed by atoms with Gasteiger partial charge in [0.05, 0.1) is 12.0 Å². The van der Waals surface area contributed by atoms with E-state index in [1.807, 2.05) is 0 Å². The molecule has 2 aromatic rings. The molecule has 0 spiro atoms. The van der Waals surface area contributed by atoms with Crippen molar-refractivity contribution in [1.82, 2.24) is 4.72 Å². The number of nitrogens with one attached hydrogen (secondary N) is 1. The molecule has 0 saturated heterocycles. The maximum Gasteiger partial charge on any atom is 0.240 e. The van der Waals surface area contributed by atoms with Gasteiger partial charge in [0.25, 0.3) is 0 Å². The highest BCUT2D eigenvalue weighted by Gasteiger charge is 2.16. The van der Waals surface area contributed by atoms with E-state index in [1.54, 1.807) is 6.07 Å². The zero-order valence-electron chi connectivity index (χ0n) is 13.3. The van der Waals surface area contributed by atoms with Crippen molar-refractivity contribution in [1.29, 1.82) is 0 Å². The predicted octanol–water partition coefficient (Wildman–Crippen LogP) is 3.84. The highest BCUT2D eigenvalue weighted by atomic mass is 35.5. The number of rotatable bonds is 8. The van der Waals surface area contributed by atoms with Crippen molar-refractivity contribution in [3.63, 3.8) is 0 Å². The van der Waals surface area contributed by atoms with Crippen molar-refractivity contribution in [2.24, 2.45) is 0 Å². The van der Waals surface area contributed by atoms with E-state index >= 15 is 0 Å². The minimum Gasteiger partial charge on any atom is -0.494 e. The van der Waals surface area contributed by atoms with Gasteiger partial charge in [-0.25, -0.2) is 21.9 Å². The van der Waals surface area contributed by atoms with Crippen molar-refractivity contribution in [2.75, 3.05) is 19.4 Å². The Morgan fingerprint density at radius 2 is 1.96 bits per heavy atom. The van der Waals surface area contributed by atoms with Crippen LogP contribution in [0.4, 0.5) is 8.78 Å². The summed E-state index contributed by atoms with van der Waals surface area (Å²) in [7, 11) is -2.53. The summed E-state index contributed by atoms with van der Waals surface area (Å²) in [6.45, 7) is 0.118. The Bertz CT molecular complexity index is 827. The Balaban J connectivity index is 1.87. The number of benzene rings is 2. The average molecular weight is 408 g/mol. The number of thioether (sulfide) groups is 1. The Labute approximate surface area is 154 Å². The Hall–Kier alpha value is -1.35. The van der Waals surface area contributed by atoms with Gasteiger partial charge in [-0.2, -0.15) is 11.8 Å². The van der Waals surface area contributed by atoms with Gasteiger partial charge in [0.2, 0.25) is 10.0 Å². The molecule has 0 fully saturated rings. The van der Waals surface area contributed by atoms with Crippen molar-refractivity contribution in [3.8, 4) is 5.75 Å². The molecule has 4 nitrogen and oxygen atoms in total. The zero-order valence-corrected chi connectivity index (χ0v) is 15.6. The van der Waals surface area contributed by atoms with E-state index in [9.17, 15) is 17.2 Å². The Morgan fingerprint density at radius 1 is 1.20 bits per heavy atom. The first-order valence-electron chi connectivity index (χ1n) is 7.19. The van der Waals surface area contributed by atoms with Gasteiger partial charge in [-0.15, -0.1) is 0 Å². The largest absolute Gasteiger partial charge is 0.494 e. The second-order valence-corrected chi connectivity index (χ2v) is 8.23. The third-order valence-electron chi connectivity index (χ3n) is 3.28. The van der Waals surface area contributed by atoms with Crippen molar-refractivity contribution in [3.05, 3.63) is 58.6 Å². The third-order valence-corrected chi connectivity index (χ3v) is 6.08. The van der Waals surface area contributed by atoms with Crippen molar-refractivity contribution >= 4 is 33.4 Å². The predicted molar refractivity (Wildman–Crippen MR) is 95.7 cm³/mol. The summed E-state index contributed by atoms with van der Waals surface area (Å²) in [6, 6.07) is 7.85. The van der Waals surface area contributed by atoms with Crippen LogP contribution in [-0.4, -0.2) is 27.8 Å². The van der Waals surface area contributed by atoms with Crippen LogP contribution in [0.15, 0.2) is 41.3 Å². The molecule has 25 heavy (non-hydrogen) atoms. The summed E-state index contributed by atoms with van der Waals surface area (Å²) in [5, 5.41) is 0.335. The second kappa shape index (κ2) is 8.84. The summed E-state index contributed by atoms with van der Waals surface area (Å²) in [5.41, 5.74) is 0.384. The molecule has 136 valence electrons. The first-order chi connectivity index (χ1) is 11.8. The molecule has 0 aliphatic heterocycles. The number of hydrogen-bond donors (Lipinski definition) is 1. The topological polar surface area (TPSA) is 55.4 Å². The fourth-order valence-electron chi connectivity index (χ4n) is 1.99. The Kier molecular flexibility index (Phi) is 7.06. The van der Waals surface area contributed by atoms with E-state index in [0.29, 0.717) is 22.1 Å². The van der Waals surface area contributed by atoms with Crippen LogP contribution >= 0.6 is 23.4 Å². The van der Waals surface area contributed by atoms with Crippen LogP contribution in [-0.2, 0) is 15.8 Å². The summed E-state index contributed by atoms with van der Waals surface area (Å²) in [5.74, 6) is -0.452. The highest BCUT2D eigenvalue weighted by molar-refractivity contribution is 7.98. The molecule has 2 aromatic carbocycles. The van der Waals surface area contributed by atoms with E-state index in [-0.39, 0.29) is 17.2 Å². The van der Waals surface area contributed by atoms with E-state index in [4.69, 9.17) is 16.3 Å². The number of sulfonamides is 1. The van der Waals surface area contributed by atoms with Gasteiger partial charge in [0, 0.05) is 28.6 Å². The van der Waals surface area contributed by atoms with Crippen molar-refractivity contribution < 1.29 is 21.9 Å². The lowest BCUT2D eigenvalue weighted by Crippen LogP contribution is -2.26. The van der Waals surface area contributed by atoms with Gasteiger partial charge in [-0.1, -0.05) is 17.7 Å². The van der Waals surface area contributed by atoms with Crippen LogP contribution in [0.2, 0.25) is 5.02 Å². The van der Waals surface area contributed by atoms with E-state index in [2.05, 4.69) is 4.72 Å². The molecule has 0 aromatic heterocycles. The van der Waals surface area contributed by atoms with Crippen LogP contribution in [0.25, 0.3) is 0 Å². The van der Waals surface area contributed by atoms with Crippen LogP contribution in [0.3, 0.4) is 0 Å². The van der Waals surface area contributed by atoms with Crippen LogP contribution < -0.4 is 9.46 Å². The SMILES string of the molecule is COc1ccc(S(=O)(=O)NCCSCc2c(F)cccc2Cl)cc1F. The van der Waals surface area contributed by atoms with Gasteiger partial charge in [0.15, 0.2) is 11.6 Å². The first kappa shape index (κ1) is 20.0. The summed E-state index contributed by atoms with van der Waals surface area (Å²) >= 11 is 7.26. The average Bonchev–Trinajstić information content (AvgIpc) is 2.56. The lowest BCUT2D eigenvalue weighted by atomic mass is 10.2. The molecule has 0 radical (unpaired) electrons. The maximum atomic E-state index is 13.6. The molecule has 0 heterocycles. The minimum absolute atomic E-state index is 0.0312. The summed E-state index contributed by atoms with van der Waals surface area (Å²) < 4.78 is 58.6. The standard InChI is InChI=1S/C16H16ClF2NO3S2/c1-23-16-6-5-11(9-15(16)19)25(21,22)20-7-8-24-10-12-13(17)3-2-4-14(12)18/h2-6,9,20H,7-8,10H2,1H3. The van der Waals surface area contributed by atoms with Gasteiger partial charge < -0.3 is 4.74 Å². The molecule has 0 unspecified atom stereocenters. The fraction of sp³-hybridized carbons (Fsp3) is 0.250. The first-order valence-corrected chi connectivity index (χ1v) is 10.2. The van der Waals surface area contributed by atoms with Gasteiger partial charge in [-0.05, 0) is 30.3 Å².